The number of amides is 1. The first-order valence-electron chi connectivity index (χ1n) is 7.59. The lowest BCUT2D eigenvalue weighted by Gasteiger charge is -2.36. The Morgan fingerprint density at radius 1 is 1.33 bits per heavy atom. The molecule has 0 radical (unpaired) electrons. The Balaban J connectivity index is 1.84. The van der Waals surface area contributed by atoms with Gasteiger partial charge < -0.3 is 14.2 Å². The molecule has 1 fully saturated rings. The number of hydrogen-bond donors (Lipinski definition) is 0. The maximum absolute atomic E-state index is 12.8. The fourth-order valence-corrected chi connectivity index (χ4v) is 3.11. The van der Waals surface area contributed by atoms with E-state index in [4.69, 9.17) is 4.42 Å². The lowest BCUT2D eigenvalue weighted by atomic mass is 10.0. The Hall–Kier alpha value is -1.81. The molecule has 1 amide bonds. The van der Waals surface area contributed by atoms with Gasteiger partial charge in [0.1, 0.15) is 5.58 Å². The van der Waals surface area contributed by atoms with E-state index in [1.165, 1.54) is 6.42 Å². The minimum Gasteiger partial charge on any atom is -0.451 e. The molecule has 1 unspecified atom stereocenters. The summed E-state index contributed by atoms with van der Waals surface area (Å²) in [7, 11) is 4.11. The monoisotopic (exact) mass is 286 g/mol. The van der Waals surface area contributed by atoms with Crippen molar-refractivity contribution in [3.63, 3.8) is 0 Å². The van der Waals surface area contributed by atoms with Crippen LogP contribution in [-0.4, -0.2) is 48.9 Å². The molecular formula is C17H22N2O2. The number of carbonyl (C=O) groups excluding carboxylic acids is 1. The molecule has 0 aliphatic carbocycles. The molecule has 1 aliphatic heterocycles. The topological polar surface area (TPSA) is 36.7 Å². The average Bonchev–Trinajstić information content (AvgIpc) is 2.90. The fraction of sp³-hybridized carbons (Fsp3) is 0.471. The quantitative estimate of drug-likeness (QED) is 0.870. The smallest absolute Gasteiger partial charge is 0.289 e. The second-order valence-electron chi connectivity index (χ2n) is 6.06. The first-order valence-corrected chi connectivity index (χ1v) is 7.59. The summed E-state index contributed by atoms with van der Waals surface area (Å²) in [6.45, 7) is 1.74. The number of para-hydroxylation sites is 1. The molecule has 1 saturated heterocycles. The number of likely N-dealkylation sites (N-methyl/N-ethyl adjacent to an activating group) is 1. The van der Waals surface area contributed by atoms with Crippen molar-refractivity contribution in [3.8, 4) is 0 Å². The van der Waals surface area contributed by atoms with Gasteiger partial charge in [0.15, 0.2) is 5.76 Å². The van der Waals surface area contributed by atoms with Crippen LogP contribution in [0.15, 0.2) is 34.7 Å². The zero-order valence-electron chi connectivity index (χ0n) is 12.7. The fourth-order valence-electron chi connectivity index (χ4n) is 3.11. The largest absolute Gasteiger partial charge is 0.451 e. The van der Waals surface area contributed by atoms with Crippen molar-refractivity contribution in [1.29, 1.82) is 0 Å². The predicted molar refractivity (Wildman–Crippen MR) is 83.4 cm³/mol. The molecule has 0 bridgehead atoms. The van der Waals surface area contributed by atoms with Gasteiger partial charge >= 0.3 is 0 Å². The van der Waals surface area contributed by atoms with Gasteiger partial charge in [-0.15, -0.1) is 0 Å². The highest BCUT2D eigenvalue weighted by atomic mass is 16.3. The molecule has 1 aromatic heterocycles. The molecule has 112 valence electrons. The maximum Gasteiger partial charge on any atom is 0.289 e. The SMILES string of the molecule is CN(C)CC1CCCCN1C(=O)c1cc2ccccc2o1. The Labute approximate surface area is 125 Å². The van der Waals surface area contributed by atoms with Gasteiger partial charge in [0.2, 0.25) is 0 Å². The number of carbonyl (C=O) groups is 1. The van der Waals surface area contributed by atoms with E-state index in [-0.39, 0.29) is 11.9 Å². The van der Waals surface area contributed by atoms with Gasteiger partial charge in [-0.05, 0) is 45.5 Å². The highest BCUT2D eigenvalue weighted by molar-refractivity contribution is 5.96. The summed E-state index contributed by atoms with van der Waals surface area (Å²) in [6.07, 6.45) is 3.35. The van der Waals surface area contributed by atoms with Crippen LogP contribution in [-0.2, 0) is 0 Å². The van der Waals surface area contributed by atoms with E-state index in [0.29, 0.717) is 5.76 Å². The highest BCUT2D eigenvalue weighted by Crippen LogP contribution is 2.24. The van der Waals surface area contributed by atoms with E-state index in [2.05, 4.69) is 19.0 Å². The minimum atomic E-state index is 0.0257. The van der Waals surface area contributed by atoms with E-state index in [9.17, 15) is 4.79 Å². The van der Waals surface area contributed by atoms with Crippen molar-refractivity contribution < 1.29 is 9.21 Å². The van der Waals surface area contributed by atoms with Gasteiger partial charge in [0.25, 0.3) is 5.91 Å². The van der Waals surface area contributed by atoms with Crippen LogP contribution < -0.4 is 0 Å². The van der Waals surface area contributed by atoms with Crippen LogP contribution in [0.2, 0.25) is 0 Å². The second kappa shape index (κ2) is 5.90. The number of hydrogen-bond acceptors (Lipinski definition) is 3. The lowest BCUT2D eigenvalue weighted by molar-refractivity contribution is 0.0545. The third-order valence-corrected chi connectivity index (χ3v) is 4.10. The molecule has 1 aliphatic rings. The van der Waals surface area contributed by atoms with Gasteiger partial charge in [0, 0.05) is 24.5 Å². The minimum absolute atomic E-state index is 0.0257. The van der Waals surface area contributed by atoms with Crippen molar-refractivity contribution in [1.82, 2.24) is 9.80 Å². The number of nitrogens with zero attached hydrogens (tertiary/aromatic N) is 2. The summed E-state index contributed by atoms with van der Waals surface area (Å²) >= 11 is 0. The van der Waals surface area contributed by atoms with Crippen LogP contribution >= 0.6 is 0 Å². The molecule has 2 aromatic rings. The number of rotatable bonds is 3. The van der Waals surface area contributed by atoms with Crippen LogP contribution in [0.3, 0.4) is 0 Å². The summed E-state index contributed by atoms with van der Waals surface area (Å²) in [5.41, 5.74) is 0.780. The number of benzene rings is 1. The number of likely N-dealkylation sites (tertiary alicyclic amines) is 1. The van der Waals surface area contributed by atoms with Crippen molar-refractivity contribution in [2.45, 2.75) is 25.3 Å². The van der Waals surface area contributed by atoms with Crippen molar-refractivity contribution >= 4 is 16.9 Å². The second-order valence-corrected chi connectivity index (χ2v) is 6.06. The molecule has 0 spiro atoms. The lowest BCUT2D eigenvalue weighted by Crippen LogP contribution is -2.48. The zero-order valence-corrected chi connectivity index (χ0v) is 12.7. The first kappa shape index (κ1) is 14.1. The standard InChI is InChI=1S/C17H22N2O2/c1-18(2)12-14-8-5-6-10-19(14)17(20)16-11-13-7-3-4-9-15(13)21-16/h3-4,7,9,11,14H,5-6,8,10,12H2,1-2H3. The average molecular weight is 286 g/mol. The Morgan fingerprint density at radius 2 is 2.14 bits per heavy atom. The molecule has 0 saturated carbocycles. The predicted octanol–water partition coefficient (Wildman–Crippen LogP) is 2.99. The van der Waals surface area contributed by atoms with Gasteiger partial charge in [-0.2, -0.15) is 0 Å². The highest BCUT2D eigenvalue weighted by Gasteiger charge is 2.29. The third kappa shape index (κ3) is 2.95. The van der Waals surface area contributed by atoms with E-state index in [1.54, 1.807) is 0 Å². The number of furan rings is 1. The van der Waals surface area contributed by atoms with E-state index >= 15 is 0 Å². The van der Waals surface area contributed by atoms with Crippen LogP contribution in [0, 0.1) is 0 Å². The summed E-state index contributed by atoms with van der Waals surface area (Å²) in [5, 5.41) is 0.988. The van der Waals surface area contributed by atoms with Gasteiger partial charge in [-0.3, -0.25) is 4.79 Å². The summed E-state index contributed by atoms with van der Waals surface area (Å²) < 4.78 is 5.73. The maximum atomic E-state index is 12.8. The molecular weight excluding hydrogens is 264 g/mol. The molecule has 21 heavy (non-hydrogen) atoms. The molecule has 1 atom stereocenters. The molecule has 4 heteroatoms. The molecule has 1 aromatic carbocycles. The van der Waals surface area contributed by atoms with Crippen LogP contribution in [0.5, 0.6) is 0 Å². The Morgan fingerprint density at radius 3 is 2.90 bits per heavy atom. The van der Waals surface area contributed by atoms with Crippen LogP contribution in [0.4, 0.5) is 0 Å². The molecule has 2 heterocycles. The van der Waals surface area contributed by atoms with Crippen molar-refractivity contribution in [2.24, 2.45) is 0 Å². The summed E-state index contributed by atoms with van der Waals surface area (Å²) in [4.78, 5) is 16.9. The zero-order chi connectivity index (χ0) is 14.8. The number of fused-ring (bicyclic) bond motifs is 1. The Bertz CT molecular complexity index is 600. The van der Waals surface area contributed by atoms with Crippen LogP contribution in [0.25, 0.3) is 11.0 Å². The van der Waals surface area contributed by atoms with Crippen LogP contribution in [0.1, 0.15) is 29.8 Å². The Kier molecular flexibility index (Phi) is 3.97. The molecule has 3 rings (SSSR count). The van der Waals surface area contributed by atoms with E-state index < -0.39 is 0 Å². The van der Waals surface area contributed by atoms with E-state index in [0.717, 1.165) is 36.9 Å². The third-order valence-electron chi connectivity index (χ3n) is 4.10. The van der Waals surface area contributed by atoms with Gasteiger partial charge in [-0.25, -0.2) is 0 Å². The first-order chi connectivity index (χ1) is 10.1. The molecule has 0 N–H and O–H groups in total. The van der Waals surface area contributed by atoms with Gasteiger partial charge in [0.05, 0.1) is 0 Å². The number of piperidine rings is 1. The normalized spacial score (nSPS) is 19.4. The summed E-state index contributed by atoms with van der Waals surface area (Å²) in [6, 6.07) is 9.91. The molecule has 4 nitrogen and oxygen atoms in total. The summed E-state index contributed by atoms with van der Waals surface area (Å²) in [5.74, 6) is 0.486. The van der Waals surface area contributed by atoms with E-state index in [1.807, 2.05) is 35.2 Å². The van der Waals surface area contributed by atoms with Crippen molar-refractivity contribution in [3.05, 3.63) is 36.1 Å². The van der Waals surface area contributed by atoms with Gasteiger partial charge in [-0.1, -0.05) is 18.2 Å². The van der Waals surface area contributed by atoms with Crippen molar-refractivity contribution in [2.75, 3.05) is 27.2 Å².